The van der Waals surface area contributed by atoms with E-state index >= 15 is 0 Å². The maximum absolute atomic E-state index is 10.8. The summed E-state index contributed by atoms with van der Waals surface area (Å²) < 4.78 is 0. The fraction of sp³-hybridized carbons (Fsp3) is 0.400. The van der Waals surface area contributed by atoms with Crippen LogP contribution in [0, 0.1) is 32.8 Å². The molecule has 1 aromatic rings. The number of benzene rings is 1. The van der Waals surface area contributed by atoms with E-state index in [0.29, 0.717) is 5.56 Å². The van der Waals surface area contributed by atoms with Gasteiger partial charge in [-0.3, -0.25) is 10.1 Å². The predicted molar refractivity (Wildman–Crippen MR) is 85.8 cm³/mol. The van der Waals surface area contributed by atoms with Crippen molar-refractivity contribution in [2.75, 3.05) is 0 Å². The Labute approximate surface area is 143 Å². The normalized spacial score (nSPS) is 18.2. The van der Waals surface area contributed by atoms with Gasteiger partial charge >= 0.3 is 0 Å². The molecule has 0 aliphatic carbocycles. The van der Waals surface area contributed by atoms with Gasteiger partial charge in [-0.2, -0.15) is 10.5 Å². The van der Waals surface area contributed by atoms with E-state index in [2.05, 4.69) is 4.99 Å². The Morgan fingerprint density at radius 1 is 1.29 bits per heavy atom. The maximum atomic E-state index is 10.8. The first-order valence-corrected chi connectivity index (χ1v) is 7.31. The monoisotopic (exact) mass is 347 g/mol. The molecule has 124 valence electrons. The number of nitro groups is 1. The van der Waals surface area contributed by atoms with Crippen LogP contribution in [0.15, 0.2) is 29.3 Å². The number of rotatable bonds is 3. The summed E-state index contributed by atoms with van der Waals surface area (Å²) in [7, 11) is 0. The lowest BCUT2D eigenvalue weighted by Crippen LogP contribution is -2.43. The van der Waals surface area contributed by atoms with Gasteiger partial charge in [-0.25, -0.2) is 4.99 Å². The Bertz CT molecular complexity index is 756. The largest absolute Gasteiger partial charge is 0.383 e. The molecule has 0 radical (unpaired) electrons. The summed E-state index contributed by atoms with van der Waals surface area (Å²) in [5.41, 5.74) is 0.0331. The van der Waals surface area contributed by atoms with Crippen molar-refractivity contribution in [2.45, 2.75) is 37.4 Å². The van der Waals surface area contributed by atoms with Crippen molar-refractivity contribution in [2.24, 2.45) is 4.99 Å². The number of alkyl halides is 1. The highest BCUT2D eigenvalue weighted by Gasteiger charge is 2.47. The highest BCUT2D eigenvalue weighted by Crippen LogP contribution is 2.38. The first-order chi connectivity index (χ1) is 11.1. The van der Waals surface area contributed by atoms with E-state index in [1.807, 2.05) is 20.8 Å². The summed E-state index contributed by atoms with van der Waals surface area (Å²) in [6.07, 6.45) is -0.680. The third-order valence-corrected chi connectivity index (χ3v) is 3.64. The number of halogens is 1. The average Bonchev–Trinajstić information content (AvgIpc) is 3.00. The smallest absolute Gasteiger partial charge is 0.292 e. The number of aliphatic imine (C=N–C) groups is 1. The van der Waals surface area contributed by atoms with Gasteiger partial charge in [-0.05, 0) is 38.5 Å². The zero-order valence-corrected chi connectivity index (χ0v) is 14.0. The van der Waals surface area contributed by atoms with Gasteiger partial charge in [0.2, 0.25) is 0 Å². The topological polar surface area (TPSA) is 116 Å². The lowest BCUT2D eigenvalue weighted by molar-refractivity contribution is -0.384. The molecule has 0 N–H and O–H groups in total. The van der Waals surface area contributed by atoms with Gasteiger partial charge in [-0.1, -0.05) is 11.6 Å². The molecule has 1 aromatic carbocycles. The number of nitriles is 2. The van der Waals surface area contributed by atoms with Gasteiger partial charge in [0.1, 0.15) is 12.1 Å². The van der Waals surface area contributed by atoms with Gasteiger partial charge in [0.15, 0.2) is 6.17 Å². The van der Waals surface area contributed by atoms with Gasteiger partial charge in [0, 0.05) is 12.1 Å². The summed E-state index contributed by atoms with van der Waals surface area (Å²) in [5, 5.41) is 30.5. The van der Waals surface area contributed by atoms with Crippen LogP contribution in [0.2, 0.25) is 0 Å². The average molecular weight is 348 g/mol. The van der Waals surface area contributed by atoms with Crippen LogP contribution in [0.1, 0.15) is 32.5 Å². The Hall–Kier alpha value is -2.68. The summed E-state index contributed by atoms with van der Waals surface area (Å²) in [5.74, 6) is -0.215. The molecule has 1 aliphatic rings. The number of hydroxylamine groups is 2. The van der Waals surface area contributed by atoms with Gasteiger partial charge in [-0.15, -0.1) is 5.06 Å². The van der Waals surface area contributed by atoms with E-state index in [4.69, 9.17) is 27.0 Å². The molecule has 8 nitrogen and oxygen atoms in total. The molecule has 1 heterocycles. The van der Waals surface area contributed by atoms with Crippen LogP contribution < -0.4 is 0 Å². The summed E-state index contributed by atoms with van der Waals surface area (Å²) in [6, 6.07) is 9.14. The summed E-state index contributed by atoms with van der Waals surface area (Å²) in [4.78, 5) is 18.1. The molecule has 2 rings (SSSR count). The summed E-state index contributed by atoms with van der Waals surface area (Å²) >= 11 is 5.96. The third kappa shape index (κ3) is 3.16. The highest BCUT2D eigenvalue weighted by molar-refractivity contribution is 6.39. The third-order valence-electron chi connectivity index (χ3n) is 3.31. The second-order valence-corrected chi connectivity index (χ2v) is 6.69. The van der Waals surface area contributed by atoms with Crippen LogP contribution in [0.3, 0.4) is 0 Å². The van der Waals surface area contributed by atoms with Crippen LogP contribution in [0.25, 0.3) is 0 Å². The molecule has 24 heavy (non-hydrogen) atoms. The molecule has 1 atom stereocenters. The van der Waals surface area contributed by atoms with Gasteiger partial charge < -0.3 is 4.84 Å². The van der Waals surface area contributed by atoms with E-state index in [0.717, 1.165) is 0 Å². The van der Waals surface area contributed by atoms with E-state index in [1.54, 1.807) is 24.3 Å². The molecule has 9 heteroatoms. The molecule has 0 saturated heterocycles. The quantitative estimate of drug-likeness (QED) is 0.471. The number of nitro benzene ring substituents is 1. The number of hydrogen-bond acceptors (Lipinski definition) is 7. The SMILES string of the molecule is CC(C)(C)N1OC(C(Cl)(C#N)C#N)=NC1c1ccc([N+](=O)[O-])cc1. The molecular weight excluding hydrogens is 334 g/mol. The van der Waals surface area contributed by atoms with Gasteiger partial charge in [0.25, 0.3) is 16.5 Å². The molecule has 0 amide bonds. The fourth-order valence-electron chi connectivity index (χ4n) is 2.08. The Kier molecular flexibility index (Phi) is 4.48. The van der Waals surface area contributed by atoms with Crippen LogP contribution in [0.5, 0.6) is 0 Å². The van der Waals surface area contributed by atoms with Crippen molar-refractivity contribution < 1.29 is 9.76 Å². The number of nitrogens with zero attached hydrogens (tertiary/aromatic N) is 5. The highest BCUT2D eigenvalue weighted by atomic mass is 35.5. The van der Waals surface area contributed by atoms with Crippen LogP contribution in [0.4, 0.5) is 5.69 Å². The lowest BCUT2D eigenvalue weighted by Gasteiger charge is -2.33. The minimum atomic E-state index is -2.03. The van der Waals surface area contributed by atoms with E-state index in [9.17, 15) is 10.1 Å². The van der Waals surface area contributed by atoms with E-state index in [1.165, 1.54) is 17.2 Å². The Morgan fingerprint density at radius 2 is 1.83 bits per heavy atom. The zero-order chi connectivity index (χ0) is 18.1. The van der Waals surface area contributed by atoms with Gasteiger partial charge in [0.05, 0.1) is 10.5 Å². The molecule has 1 unspecified atom stereocenters. The van der Waals surface area contributed by atoms with Crippen molar-refractivity contribution in [3.05, 3.63) is 39.9 Å². The molecule has 0 saturated carbocycles. The van der Waals surface area contributed by atoms with Crippen molar-refractivity contribution in [3.63, 3.8) is 0 Å². The molecule has 0 spiro atoms. The first kappa shape index (κ1) is 17.7. The Morgan fingerprint density at radius 3 is 2.25 bits per heavy atom. The second-order valence-electron chi connectivity index (χ2n) is 6.13. The molecule has 0 fully saturated rings. The van der Waals surface area contributed by atoms with Crippen LogP contribution in [-0.4, -0.2) is 26.3 Å². The predicted octanol–water partition coefficient (Wildman–Crippen LogP) is 3.06. The standard InChI is InChI=1S/C15H14ClN5O3/c1-14(2,3)20-12(10-4-6-11(7-5-10)21(22)23)19-13(24-20)15(16,8-17)9-18/h4-7,12H,1-3H3. The Balaban J connectivity index is 2.47. The minimum absolute atomic E-state index is 0.0510. The van der Waals surface area contributed by atoms with Crippen LogP contribution in [-0.2, 0) is 4.84 Å². The van der Waals surface area contributed by atoms with Crippen molar-refractivity contribution in [1.82, 2.24) is 5.06 Å². The molecule has 0 aromatic heterocycles. The van der Waals surface area contributed by atoms with Crippen LogP contribution >= 0.6 is 11.6 Å². The minimum Gasteiger partial charge on any atom is -0.383 e. The molecular formula is C15H14ClN5O3. The zero-order valence-electron chi connectivity index (χ0n) is 13.2. The first-order valence-electron chi connectivity index (χ1n) is 6.94. The van der Waals surface area contributed by atoms with Crippen molar-refractivity contribution in [1.29, 1.82) is 10.5 Å². The molecule has 0 bridgehead atoms. The van der Waals surface area contributed by atoms with Crippen molar-refractivity contribution >= 4 is 23.2 Å². The fourth-order valence-corrected chi connectivity index (χ4v) is 2.17. The molecule has 1 aliphatic heterocycles. The van der Waals surface area contributed by atoms with Crippen molar-refractivity contribution in [3.8, 4) is 12.1 Å². The number of hydrogen-bond donors (Lipinski definition) is 0. The maximum Gasteiger partial charge on any atom is 0.292 e. The summed E-state index contributed by atoms with van der Waals surface area (Å²) in [6.45, 7) is 5.58. The lowest BCUT2D eigenvalue weighted by atomic mass is 10.1. The van der Waals surface area contributed by atoms with E-state index < -0.39 is 21.5 Å². The van der Waals surface area contributed by atoms with E-state index in [-0.39, 0.29) is 11.6 Å². The second kappa shape index (κ2) is 6.08. The number of non-ortho nitro benzene ring substituents is 1.